The first-order chi connectivity index (χ1) is 22.2. The van der Waals surface area contributed by atoms with E-state index in [1.165, 1.54) is 17.8 Å². The molecule has 254 valence electrons. The molecule has 0 saturated carbocycles. The number of benzene rings is 2. The average Bonchev–Trinajstić information content (AvgIpc) is 3.56. The molecule has 2 aromatic carbocycles. The third kappa shape index (κ3) is 7.38. The van der Waals surface area contributed by atoms with Gasteiger partial charge < -0.3 is 24.4 Å². The highest BCUT2D eigenvalue weighted by molar-refractivity contribution is 7.52. The number of rotatable bonds is 12. The molecule has 1 aliphatic rings. The van der Waals surface area contributed by atoms with Gasteiger partial charge in [-0.3, -0.25) is 13.9 Å². The van der Waals surface area contributed by atoms with Crippen LogP contribution in [0.3, 0.4) is 0 Å². The SMILES string of the molecule is CNc1nc(C)nc2c1ncn2[C@@H]1O[C@](CCl)(CO[P@@](=O)(N[C@H](C)C(=O)OCC(C)(C)C)Oc2cccc3ccccc23)[C@@H](O)[C@@H]1F. The molecule has 1 saturated heterocycles. The van der Waals surface area contributed by atoms with Gasteiger partial charge in [-0.05, 0) is 30.7 Å². The minimum absolute atomic E-state index is 0.116. The van der Waals surface area contributed by atoms with Crippen LogP contribution in [-0.4, -0.2) is 80.7 Å². The molecule has 3 heterocycles. The number of anilines is 1. The summed E-state index contributed by atoms with van der Waals surface area (Å²) >= 11 is 6.33. The Balaban J connectivity index is 1.44. The molecule has 16 heteroatoms. The van der Waals surface area contributed by atoms with Crippen LogP contribution in [0.2, 0.25) is 0 Å². The van der Waals surface area contributed by atoms with Gasteiger partial charge >= 0.3 is 13.7 Å². The van der Waals surface area contributed by atoms with E-state index >= 15 is 4.39 Å². The molecule has 0 spiro atoms. The predicted molar refractivity (Wildman–Crippen MR) is 175 cm³/mol. The van der Waals surface area contributed by atoms with Gasteiger partial charge in [-0.2, -0.15) is 5.09 Å². The van der Waals surface area contributed by atoms with Gasteiger partial charge in [-0.1, -0.05) is 57.2 Å². The monoisotopic (exact) mass is 692 g/mol. The first kappa shape index (κ1) is 34.9. The number of nitrogens with one attached hydrogen (secondary N) is 2. The minimum atomic E-state index is -4.48. The van der Waals surface area contributed by atoms with Crippen LogP contribution in [0.4, 0.5) is 10.2 Å². The van der Waals surface area contributed by atoms with Gasteiger partial charge in [0.15, 0.2) is 29.4 Å². The molecular weight excluding hydrogens is 654 g/mol. The van der Waals surface area contributed by atoms with Crippen molar-refractivity contribution in [1.82, 2.24) is 24.6 Å². The second-order valence-corrected chi connectivity index (χ2v) is 14.6. The largest absolute Gasteiger partial charge is 0.464 e. The van der Waals surface area contributed by atoms with Crippen molar-refractivity contribution in [3.8, 4) is 5.75 Å². The van der Waals surface area contributed by atoms with Crippen molar-refractivity contribution < 1.29 is 37.4 Å². The average molecular weight is 693 g/mol. The molecule has 0 unspecified atom stereocenters. The summed E-state index contributed by atoms with van der Waals surface area (Å²) in [5.74, 6) is -0.116. The number of alkyl halides is 2. The predicted octanol–water partition coefficient (Wildman–Crippen LogP) is 5.31. The van der Waals surface area contributed by atoms with Crippen molar-refractivity contribution in [3.63, 3.8) is 0 Å². The lowest BCUT2D eigenvalue weighted by atomic mass is 9.99. The van der Waals surface area contributed by atoms with Gasteiger partial charge in [0.2, 0.25) is 0 Å². The summed E-state index contributed by atoms with van der Waals surface area (Å²) in [6, 6.07) is 11.3. The number of esters is 1. The zero-order valence-corrected chi connectivity index (χ0v) is 28.6. The smallest absolute Gasteiger partial charge is 0.459 e. The number of hydrogen-bond donors (Lipinski definition) is 3. The van der Waals surface area contributed by atoms with Crippen molar-refractivity contribution in [2.24, 2.45) is 5.41 Å². The maximum atomic E-state index is 15.9. The Bertz CT molecular complexity index is 1800. The number of aliphatic hydroxyl groups excluding tert-OH is 1. The minimum Gasteiger partial charge on any atom is -0.464 e. The van der Waals surface area contributed by atoms with Gasteiger partial charge in [0.1, 0.15) is 29.3 Å². The molecule has 47 heavy (non-hydrogen) atoms. The van der Waals surface area contributed by atoms with Crippen LogP contribution in [0.5, 0.6) is 5.75 Å². The highest BCUT2D eigenvalue weighted by Crippen LogP contribution is 2.50. The highest BCUT2D eigenvalue weighted by Gasteiger charge is 2.57. The Morgan fingerprint density at radius 3 is 2.66 bits per heavy atom. The van der Waals surface area contributed by atoms with Crippen LogP contribution in [-0.2, 0) is 23.4 Å². The number of ether oxygens (including phenoxy) is 2. The number of halogens is 2. The third-order valence-corrected chi connectivity index (χ3v) is 9.60. The fraction of sp³-hybridized carbons (Fsp3) is 0.484. The summed E-state index contributed by atoms with van der Waals surface area (Å²) in [7, 11) is -2.81. The van der Waals surface area contributed by atoms with Crippen molar-refractivity contribution in [1.29, 1.82) is 0 Å². The van der Waals surface area contributed by atoms with Gasteiger partial charge in [0.25, 0.3) is 0 Å². The number of carbonyl (C=O) groups excluding carboxylic acids is 1. The van der Waals surface area contributed by atoms with Crippen LogP contribution in [0.25, 0.3) is 21.9 Å². The number of hydrogen-bond acceptors (Lipinski definition) is 11. The first-order valence-corrected chi connectivity index (χ1v) is 17.1. The lowest BCUT2D eigenvalue weighted by Gasteiger charge is -2.32. The van der Waals surface area contributed by atoms with E-state index in [-0.39, 0.29) is 23.4 Å². The van der Waals surface area contributed by atoms with E-state index < -0.39 is 56.3 Å². The van der Waals surface area contributed by atoms with Crippen LogP contribution < -0.4 is 14.9 Å². The molecule has 13 nitrogen and oxygen atoms in total. The molecule has 3 N–H and O–H groups in total. The Hall–Kier alpha value is -3.39. The number of imidazole rings is 1. The zero-order chi connectivity index (χ0) is 34.1. The lowest BCUT2D eigenvalue weighted by Crippen LogP contribution is -2.48. The summed E-state index contributed by atoms with van der Waals surface area (Å²) in [6.45, 7) is 8.26. The summed E-state index contributed by atoms with van der Waals surface area (Å²) in [4.78, 5) is 25.9. The van der Waals surface area contributed by atoms with E-state index in [4.69, 9.17) is 30.1 Å². The molecule has 0 aliphatic carbocycles. The maximum Gasteiger partial charge on any atom is 0.459 e. The fourth-order valence-electron chi connectivity index (χ4n) is 5.08. The van der Waals surface area contributed by atoms with E-state index in [1.54, 1.807) is 38.2 Å². The van der Waals surface area contributed by atoms with Gasteiger partial charge in [0, 0.05) is 12.4 Å². The van der Waals surface area contributed by atoms with Crippen molar-refractivity contribution in [2.45, 2.75) is 64.8 Å². The van der Waals surface area contributed by atoms with E-state index in [9.17, 15) is 14.5 Å². The number of carbonyl (C=O) groups is 1. The molecular formula is C31H39ClFN6O7P. The van der Waals surface area contributed by atoms with Crippen molar-refractivity contribution in [2.75, 3.05) is 31.5 Å². The topological polar surface area (TPSA) is 159 Å². The third-order valence-electron chi connectivity index (χ3n) is 7.54. The number of aliphatic hydroxyl groups is 1. The maximum absolute atomic E-state index is 15.9. The molecule has 0 radical (unpaired) electrons. The second kappa shape index (κ2) is 13.6. The van der Waals surface area contributed by atoms with Crippen LogP contribution in [0.1, 0.15) is 39.7 Å². The molecule has 2 aromatic heterocycles. The zero-order valence-electron chi connectivity index (χ0n) is 26.9. The van der Waals surface area contributed by atoms with Gasteiger partial charge in [-0.25, -0.2) is 23.9 Å². The Morgan fingerprint density at radius 1 is 1.23 bits per heavy atom. The lowest BCUT2D eigenvalue weighted by molar-refractivity contribution is -0.148. The van der Waals surface area contributed by atoms with Crippen molar-refractivity contribution in [3.05, 3.63) is 54.6 Å². The molecule has 1 fully saturated rings. The quantitative estimate of drug-likeness (QED) is 0.100. The van der Waals surface area contributed by atoms with E-state index in [1.807, 2.05) is 39.0 Å². The Morgan fingerprint density at radius 2 is 1.96 bits per heavy atom. The summed E-state index contributed by atoms with van der Waals surface area (Å²) in [6.07, 6.45) is -3.93. The molecule has 6 atom stereocenters. The Labute approximate surface area is 276 Å². The highest BCUT2D eigenvalue weighted by atomic mass is 35.5. The first-order valence-electron chi connectivity index (χ1n) is 15.0. The van der Waals surface area contributed by atoms with Crippen LogP contribution in [0.15, 0.2) is 48.8 Å². The molecule has 1 aliphatic heterocycles. The number of nitrogens with zero attached hydrogens (tertiary/aromatic N) is 4. The van der Waals surface area contributed by atoms with E-state index in [0.717, 1.165) is 5.39 Å². The van der Waals surface area contributed by atoms with E-state index in [0.29, 0.717) is 22.5 Å². The molecule has 0 amide bonds. The van der Waals surface area contributed by atoms with E-state index in [2.05, 4.69) is 25.4 Å². The molecule has 0 bridgehead atoms. The number of fused-ring (bicyclic) bond motifs is 2. The summed E-state index contributed by atoms with van der Waals surface area (Å²) < 4.78 is 55.1. The standard InChI is InChI=1S/C31H39ClFN6O7P/c1-18(29(41)43-15-30(3,4)5)38-47(42,46-22-13-9-11-20-10-7-8-12-21(20)22)44-16-31(14-32)25(40)23(33)28(45-31)39-17-35-24-26(34-6)36-19(2)37-27(24)39/h7-13,17-18,23,25,28,40H,14-16H2,1-6H3,(H,38,42)(H,34,36,37)/t18-,23+,25+,28-,31-,47+/m1/s1. The fourth-order valence-corrected chi connectivity index (χ4v) is 6.94. The van der Waals surface area contributed by atoms with Gasteiger partial charge in [-0.15, -0.1) is 11.6 Å². The van der Waals surface area contributed by atoms with Crippen LogP contribution in [0, 0.1) is 12.3 Å². The molecule has 4 aromatic rings. The molecule has 5 rings (SSSR count). The Kier molecular flexibility index (Phi) is 10.1. The summed E-state index contributed by atoms with van der Waals surface area (Å²) in [5.41, 5.74) is -1.57. The normalized spacial score (nSPS) is 23.5. The second-order valence-electron chi connectivity index (χ2n) is 12.6. The number of aromatic nitrogens is 4. The van der Waals surface area contributed by atoms with Gasteiger partial charge in [0.05, 0.1) is 25.4 Å². The summed E-state index contributed by atoms with van der Waals surface area (Å²) in [5, 5.41) is 18.2. The van der Waals surface area contributed by atoms with Crippen LogP contribution >= 0.6 is 19.3 Å². The van der Waals surface area contributed by atoms with Crippen molar-refractivity contribution >= 4 is 53.1 Å². The number of aryl methyl sites for hydroxylation is 1.